The largest absolute Gasteiger partial charge is 0.485 e. The number of aromatic nitrogens is 2. The Kier molecular flexibility index (Phi) is 6.44. The van der Waals surface area contributed by atoms with Crippen LogP contribution in [0.15, 0.2) is 70.0 Å². The highest BCUT2D eigenvalue weighted by Gasteiger charge is 2.20. The van der Waals surface area contributed by atoms with Crippen LogP contribution in [-0.4, -0.2) is 21.6 Å². The number of aryl methyl sites for hydroxylation is 2. The van der Waals surface area contributed by atoms with Crippen LogP contribution in [0.1, 0.15) is 30.4 Å². The number of nitrogens with zero attached hydrogens (tertiary/aromatic N) is 2. The van der Waals surface area contributed by atoms with E-state index in [2.05, 4.69) is 10.3 Å². The van der Waals surface area contributed by atoms with Gasteiger partial charge in [-0.05, 0) is 50.1 Å². The van der Waals surface area contributed by atoms with Crippen molar-refractivity contribution in [3.63, 3.8) is 0 Å². The zero-order valence-electron chi connectivity index (χ0n) is 18.7. The standard InChI is InChI=1S/C25H25N3O5/c1-4-21(32-19-8-6-5-7-9-19)25(30)27-20-12-16(2)10-11-22(20)31-15-18-14-24(29)28-23(26-18)13-17(3)33-28/h5-14,21H,4,15H2,1-3H3,(H,27,30)/t21-/m0/s1. The lowest BCUT2D eigenvalue weighted by Gasteiger charge is -2.19. The highest BCUT2D eigenvalue weighted by Crippen LogP contribution is 2.27. The predicted octanol–water partition coefficient (Wildman–Crippen LogP) is 4.28. The summed E-state index contributed by atoms with van der Waals surface area (Å²) in [6.45, 7) is 5.61. The zero-order valence-corrected chi connectivity index (χ0v) is 18.7. The van der Waals surface area contributed by atoms with Gasteiger partial charge in [0.1, 0.15) is 23.9 Å². The molecule has 2 aromatic carbocycles. The molecule has 1 N–H and O–H groups in total. The molecule has 0 fully saturated rings. The number of hydrogen-bond acceptors (Lipinski definition) is 6. The first-order chi connectivity index (χ1) is 15.9. The van der Waals surface area contributed by atoms with Crippen LogP contribution in [0, 0.1) is 13.8 Å². The predicted molar refractivity (Wildman–Crippen MR) is 124 cm³/mol. The first-order valence-corrected chi connectivity index (χ1v) is 10.7. The Morgan fingerprint density at radius 1 is 1.12 bits per heavy atom. The Bertz CT molecular complexity index is 1330. The van der Waals surface area contributed by atoms with Gasteiger partial charge in [0.15, 0.2) is 11.8 Å². The van der Waals surface area contributed by atoms with E-state index in [0.29, 0.717) is 40.7 Å². The van der Waals surface area contributed by atoms with Crippen molar-refractivity contribution >= 4 is 17.2 Å². The van der Waals surface area contributed by atoms with E-state index >= 15 is 0 Å². The van der Waals surface area contributed by atoms with Crippen LogP contribution >= 0.6 is 0 Å². The molecule has 2 aromatic heterocycles. The van der Waals surface area contributed by atoms with Gasteiger partial charge in [-0.15, -0.1) is 4.57 Å². The number of benzene rings is 2. The van der Waals surface area contributed by atoms with Gasteiger partial charge in [-0.25, -0.2) is 4.98 Å². The molecule has 0 aliphatic rings. The molecule has 1 atom stereocenters. The summed E-state index contributed by atoms with van der Waals surface area (Å²) in [5.41, 5.74) is 2.03. The lowest BCUT2D eigenvalue weighted by molar-refractivity contribution is -0.122. The lowest BCUT2D eigenvalue weighted by atomic mass is 10.2. The minimum absolute atomic E-state index is 0.0552. The zero-order chi connectivity index (χ0) is 23.4. The van der Waals surface area contributed by atoms with E-state index in [0.717, 1.165) is 10.1 Å². The normalized spacial score (nSPS) is 11.8. The number of anilines is 1. The molecule has 0 saturated carbocycles. The number of fused-ring (bicyclic) bond motifs is 1. The molecule has 0 aliphatic heterocycles. The third kappa shape index (κ3) is 5.23. The van der Waals surface area contributed by atoms with Crippen LogP contribution in [0.3, 0.4) is 0 Å². The lowest BCUT2D eigenvalue weighted by Crippen LogP contribution is -2.32. The van der Waals surface area contributed by atoms with Crippen molar-refractivity contribution in [2.75, 3.05) is 5.32 Å². The number of rotatable bonds is 8. The van der Waals surface area contributed by atoms with Gasteiger partial charge in [0, 0.05) is 12.1 Å². The molecule has 4 aromatic rings. The second kappa shape index (κ2) is 9.60. The summed E-state index contributed by atoms with van der Waals surface area (Å²) in [5.74, 6) is 1.41. The molecule has 1 amide bonds. The Balaban J connectivity index is 1.50. The van der Waals surface area contributed by atoms with E-state index in [1.165, 1.54) is 6.07 Å². The second-order valence-corrected chi connectivity index (χ2v) is 7.69. The molecular weight excluding hydrogens is 422 g/mol. The molecule has 33 heavy (non-hydrogen) atoms. The summed E-state index contributed by atoms with van der Waals surface area (Å²) in [7, 11) is 0. The fraction of sp³-hybridized carbons (Fsp3) is 0.240. The molecule has 2 heterocycles. The Morgan fingerprint density at radius 2 is 1.91 bits per heavy atom. The minimum atomic E-state index is -0.658. The van der Waals surface area contributed by atoms with Crippen molar-refractivity contribution in [1.29, 1.82) is 0 Å². The fourth-order valence-corrected chi connectivity index (χ4v) is 3.37. The van der Waals surface area contributed by atoms with Crippen LogP contribution in [-0.2, 0) is 11.4 Å². The van der Waals surface area contributed by atoms with Crippen molar-refractivity contribution in [1.82, 2.24) is 9.56 Å². The smallest absolute Gasteiger partial charge is 0.287 e. The van der Waals surface area contributed by atoms with Gasteiger partial charge in [-0.1, -0.05) is 31.2 Å². The average molecular weight is 447 g/mol. The second-order valence-electron chi connectivity index (χ2n) is 7.69. The van der Waals surface area contributed by atoms with E-state index in [1.807, 2.05) is 56.3 Å². The Labute approximate surface area is 190 Å². The van der Waals surface area contributed by atoms with E-state index in [1.54, 1.807) is 19.1 Å². The number of ether oxygens (including phenoxy) is 2. The van der Waals surface area contributed by atoms with Crippen LogP contribution in [0.5, 0.6) is 11.5 Å². The van der Waals surface area contributed by atoms with Crippen molar-refractivity contribution in [2.24, 2.45) is 0 Å². The number of para-hydroxylation sites is 1. The first-order valence-electron chi connectivity index (χ1n) is 10.7. The minimum Gasteiger partial charge on any atom is -0.485 e. The van der Waals surface area contributed by atoms with E-state index < -0.39 is 6.10 Å². The summed E-state index contributed by atoms with van der Waals surface area (Å²) in [6.07, 6.45) is -0.157. The van der Waals surface area contributed by atoms with Crippen molar-refractivity contribution in [3.8, 4) is 11.5 Å². The van der Waals surface area contributed by atoms with Gasteiger partial charge in [-0.3, -0.25) is 9.59 Å². The van der Waals surface area contributed by atoms with Gasteiger partial charge in [0.2, 0.25) is 0 Å². The van der Waals surface area contributed by atoms with E-state index in [4.69, 9.17) is 14.0 Å². The topological polar surface area (TPSA) is 95.1 Å². The summed E-state index contributed by atoms with van der Waals surface area (Å²) in [6, 6.07) is 17.7. The molecule has 0 saturated heterocycles. The van der Waals surface area contributed by atoms with Crippen LogP contribution < -0.4 is 20.3 Å². The van der Waals surface area contributed by atoms with Gasteiger partial charge >= 0.3 is 0 Å². The molecule has 0 aliphatic carbocycles. The molecular formula is C25H25N3O5. The molecule has 8 heteroatoms. The highest BCUT2D eigenvalue weighted by molar-refractivity contribution is 5.95. The van der Waals surface area contributed by atoms with Crippen LogP contribution in [0.25, 0.3) is 5.65 Å². The van der Waals surface area contributed by atoms with Crippen LogP contribution in [0.2, 0.25) is 0 Å². The molecule has 0 spiro atoms. The quantitative estimate of drug-likeness (QED) is 0.433. The maximum Gasteiger partial charge on any atom is 0.287 e. The third-order valence-corrected chi connectivity index (χ3v) is 4.98. The Hall–Kier alpha value is -4.07. The number of hydrogen-bond donors (Lipinski definition) is 1. The highest BCUT2D eigenvalue weighted by atomic mass is 16.5. The number of amides is 1. The molecule has 8 nitrogen and oxygen atoms in total. The third-order valence-electron chi connectivity index (χ3n) is 4.98. The van der Waals surface area contributed by atoms with Gasteiger partial charge in [-0.2, -0.15) is 0 Å². The van der Waals surface area contributed by atoms with Crippen molar-refractivity contribution in [3.05, 3.63) is 88.0 Å². The molecule has 4 rings (SSSR count). The van der Waals surface area contributed by atoms with E-state index in [-0.39, 0.29) is 18.1 Å². The SMILES string of the molecule is CC[C@H](Oc1ccccc1)C(=O)Nc1cc(C)ccc1OCc1cc(=O)n2oc(C)cc2n1. The van der Waals surface area contributed by atoms with Gasteiger partial charge in [0.25, 0.3) is 11.5 Å². The summed E-state index contributed by atoms with van der Waals surface area (Å²) < 4.78 is 18.2. The van der Waals surface area contributed by atoms with Gasteiger partial charge in [0.05, 0.1) is 11.4 Å². The fourth-order valence-electron chi connectivity index (χ4n) is 3.37. The van der Waals surface area contributed by atoms with Crippen LogP contribution in [0.4, 0.5) is 5.69 Å². The Morgan fingerprint density at radius 3 is 2.67 bits per heavy atom. The number of carbonyl (C=O) groups excluding carboxylic acids is 1. The molecule has 0 bridgehead atoms. The van der Waals surface area contributed by atoms with Gasteiger partial charge < -0.3 is 19.3 Å². The molecule has 0 unspecified atom stereocenters. The molecule has 170 valence electrons. The van der Waals surface area contributed by atoms with E-state index in [9.17, 15) is 9.59 Å². The average Bonchev–Trinajstić information content (AvgIpc) is 3.18. The monoisotopic (exact) mass is 447 g/mol. The maximum atomic E-state index is 12.9. The van der Waals surface area contributed by atoms with Crippen molar-refractivity contribution < 1.29 is 18.8 Å². The number of carbonyl (C=O) groups is 1. The summed E-state index contributed by atoms with van der Waals surface area (Å²) in [5, 5.41) is 2.91. The first kappa shape index (κ1) is 22.1. The summed E-state index contributed by atoms with van der Waals surface area (Å²) >= 11 is 0. The number of nitrogens with one attached hydrogen (secondary N) is 1. The summed E-state index contributed by atoms with van der Waals surface area (Å²) in [4.78, 5) is 29.6. The maximum absolute atomic E-state index is 12.9. The van der Waals surface area contributed by atoms with Crippen molar-refractivity contribution in [2.45, 2.75) is 39.9 Å². The molecule has 0 radical (unpaired) electrons.